The van der Waals surface area contributed by atoms with Crippen LogP contribution in [0.4, 0.5) is 15.8 Å². The molecule has 1 aliphatic heterocycles. The van der Waals surface area contributed by atoms with Crippen molar-refractivity contribution in [3.8, 4) is 5.75 Å². The first-order valence-corrected chi connectivity index (χ1v) is 7.62. The van der Waals surface area contributed by atoms with Crippen LogP contribution in [0.2, 0.25) is 0 Å². The molecule has 24 heavy (non-hydrogen) atoms. The third-order valence-electron chi connectivity index (χ3n) is 3.89. The Morgan fingerprint density at radius 3 is 2.58 bits per heavy atom. The normalized spacial score (nSPS) is 17.7. The van der Waals surface area contributed by atoms with Crippen LogP contribution in [0, 0.1) is 5.82 Å². The first-order chi connectivity index (χ1) is 11.5. The lowest BCUT2D eigenvalue weighted by Crippen LogP contribution is -2.52. The summed E-state index contributed by atoms with van der Waals surface area (Å²) in [6.07, 6.45) is -0.666. The van der Waals surface area contributed by atoms with E-state index in [0.717, 1.165) is 0 Å². The number of nitrogens with zero attached hydrogens (tertiary/aromatic N) is 1. The Morgan fingerprint density at radius 1 is 1.21 bits per heavy atom. The molecule has 0 saturated carbocycles. The molecular formula is C18H17FN2O3. The summed E-state index contributed by atoms with van der Waals surface area (Å²) in [5.41, 5.74) is 1.03. The number of benzene rings is 2. The van der Waals surface area contributed by atoms with Crippen molar-refractivity contribution < 1.29 is 18.7 Å². The standard InChI is InChI=1S/C18H17FN2O3/c1-11(17(22)20-14-9-7-13(19)8-10-14)21-15-5-3-4-6-16(15)24-12(2)18(21)23/h3-12H,1-2H3,(H,20,22). The zero-order chi connectivity index (χ0) is 17.3. The molecule has 1 N–H and O–H groups in total. The first kappa shape index (κ1) is 16.0. The van der Waals surface area contributed by atoms with Crippen LogP contribution in [0.1, 0.15) is 13.8 Å². The van der Waals surface area contributed by atoms with Gasteiger partial charge in [-0.25, -0.2) is 4.39 Å². The van der Waals surface area contributed by atoms with Crippen molar-refractivity contribution in [3.63, 3.8) is 0 Å². The number of halogens is 1. The van der Waals surface area contributed by atoms with E-state index in [4.69, 9.17) is 4.74 Å². The number of para-hydroxylation sites is 2. The van der Waals surface area contributed by atoms with Gasteiger partial charge in [-0.15, -0.1) is 0 Å². The Labute approximate surface area is 139 Å². The molecule has 1 heterocycles. The number of rotatable bonds is 3. The van der Waals surface area contributed by atoms with Crippen molar-refractivity contribution in [2.75, 3.05) is 10.2 Å². The molecule has 0 spiro atoms. The topological polar surface area (TPSA) is 58.6 Å². The molecule has 2 aromatic carbocycles. The van der Waals surface area contributed by atoms with Gasteiger partial charge in [-0.1, -0.05) is 12.1 Å². The molecule has 2 atom stereocenters. The Kier molecular flexibility index (Phi) is 4.20. The number of amides is 2. The maximum absolute atomic E-state index is 13.0. The molecule has 0 aliphatic carbocycles. The SMILES string of the molecule is CC1Oc2ccccc2N(C(C)C(=O)Nc2ccc(F)cc2)C1=O. The molecule has 0 saturated heterocycles. The molecule has 6 heteroatoms. The van der Waals surface area contributed by atoms with Gasteiger partial charge < -0.3 is 10.1 Å². The average Bonchev–Trinajstić information content (AvgIpc) is 2.57. The van der Waals surface area contributed by atoms with Crippen LogP contribution in [0.15, 0.2) is 48.5 Å². The Bertz CT molecular complexity index is 776. The first-order valence-electron chi connectivity index (χ1n) is 7.62. The minimum Gasteiger partial charge on any atom is -0.479 e. The number of anilines is 2. The van der Waals surface area contributed by atoms with Crippen molar-refractivity contribution in [1.82, 2.24) is 0 Å². The van der Waals surface area contributed by atoms with Crippen LogP contribution in [0.3, 0.4) is 0 Å². The lowest BCUT2D eigenvalue weighted by atomic mass is 10.1. The van der Waals surface area contributed by atoms with Crippen LogP contribution >= 0.6 is 0 Å². The van der Waals surface area contributed by atoms with E-state index >= 15 is 0 Å². The van der Waals surface area contributed by atoms with Gasteiger partial charge in [0, 0.05) is 5.69 Å². The fourth-order valence-corrected chi connectivity index (χ4v) is 2.61. The predicted molar refractivity (Wildman–Crippen MR) is 88.5 cm³/mol. The summed E-state index contributed by atoms with van der Waals surface area (Å²) >= 11 is 0. The molecule has 0 aromatic heterocycles. The van der Waals surface area contributed by atoms with Crippen molar-refractivity contribution in [3.05, 3.63) is 54.3 Å². The molecule has 5 nitrogen and oxygen atoms in total. The number of carbonyl (C=O) groups is 2. The summed E-state index contributed by atoms with van der Waals surface area (Å²) in [4.78, 5) is 26.5. The number of hydrogen-bond donors (Lipinski definition) is 1. The highest BCUT2D eigenvalue weighted by Crippen LogP contribution is 2.35. The maximum Gasteiger partial charge on any atom is 0.268 e. The Balaban J connectivity index is 1.85. The van der Waals surface area contributed by atoms with Crippen LogP contribution in [0.25, 0.3) is 0 Å². The summed E-state index contributed by atoms with van der Waals surface area (Å²) < 4.78 is 18.5. The summed E-state index contributed by atoms with van der Waals surface area (Å²) in [5.74, 6) is -0.465. The van der Waals surface area contributed by atoms with Gasteiger partial charge in [0.25, 0.3) is 5.91 Å². The van der Waals surface area contributed by atoms with Gasteiger partial charge in [0.2, 0.25) is 5.91 Å². The molecule has 3 rings (SSSR count). The summed E-state index contributed by atoms with van der Waals surface area (Å²) in [7, 11) is 0. The summed E-state index contributed by atoms with van der Waals surface area (Å²) in [6, 6.07) is 11.8. The van der Waals surface area contributed by atoms with Gasteiger partial charge in [0.15, 0.2) is 6.10 Å². The highest BCUT2D eigenvalue weighted by Gasteiger charge is 2.36. The smallest absolute Gasteiger partial charge is 0.268 e. The van der Waals surface area contributed by atoms with Gasteiger partial charge in [-0.2, -0.15) is 0 Å². The number of nitrogens with one attached hydrogen (secondary N) is 1. The summed E-state index contributed by atoms with van der Waals surface area (Å²) in [5, 5.41) is 2.69. The van der Waals surface area contributed by atoms with Gasteiger partial charge in [0.05, 0.1) is 5.69 Å². The highest BCUT2D eigenvalue weighted by molar-refractivity contribution is 6.07. The third-order valence-corrected chi connectivity index (χ3v) is 3.89. The lowest BCUT2D eigenvalue weighted by molar-refractivity contribution is -0.128. The van der Waals surface area contributed by atoms with E-state index in [1.54, 1.807) is 32.0 Å². The Hall–Kier alpha value is -2.89. The van der Waals surface area contributed by atoms with Gasteiger partial charge in [0.1, 0.15) is 17.6 Å². The quantitative estimate of drug-likeness (QED) is 0.942. The molecular weight excluding hydrogens is 311 g/mol. The van der Waals surface area contributed by atoms with E-state index in [9.17, 15) is 14.0 Å². The van der Waals surface area contributed by atoms with E-state index in [1.165, 1.54) is 29.2 Å². The summed E-state index contributed by atoms with van der Waals surface area (Å²) in [6.45, 7) is 3.29. The fraction of sp³-hybridized carbons (Fsp3) is 0.222. The monoisotopic (exact) mass is 328 g/mol. The van der Waals surface area contributed by atoms with E-state index in [2.05, 4.69) is 5.32 Å². The van der Waals surface area contributed by atoms with Gasteiger partial charge in [-0.3, -0.25) is 14.5 Å². The largest absolute Gasteiger partial charge is 0.479 e. The van der Waals surface area contributed by atoms with Crippen molar-refractivity contribution >= 4 is 23.2 Å². The fourth-order valence-electron chi connectivity index (χ4n) is 2.61. The second kappa shape index (κ2) is 6.31. The van der Waals surface area contributed by atoms with Crippen molar-refractivity contribution in [1.29, 1.82) is 0 Å². The predicted octanol–water partition coefficient (Wildman–Crippen LogP) is 2.97. The molecule has 1 aliphatic rings. The second-order valence-corrected chi connectivity index (χ2v) is 5.61. The zero-order valence-electron chi connectivity index (χ0n) is 13.3. The molecule has 0 bridgehead atoms. The number of carbonyl (C=O) groups excluding carboxylic acids is 2. The van der Waals surface area contributed by atoms with Crippen molar-refractivity contribution in [2.24, 2.45) is 0 Å². The van der Waals surface area contributed by atoms with E-state index in [1.807, 2.05) is 6.07 Å². The second-order valence-electron chi connectivity index (χ2n) is 5.61. The third kappa shape index (κ3) is 2.95. The van der Waals surface area contributed by atoms with Gasteiger partial charge in [-0.05, 0) is 50.2 Å². The molecule has 0 fully saturated rings. The number of fused-ring (bicyclic) bond motifs is 1. The zero-order valence-corrected chi connectivity index (χ0v) is 13.3. The van der Waals surface area contributed by atoms with Crippen LogP contribution < -0.4 is 15.0 Å². The maximum atomic E-state index is 13.0. The van der Waals surface area contributed by atoms with Crippen LogP contribution in [0.5, 0.6) is 5.75 Å². The van der Waals surface area contributed by atoms with Crippen LogP contribution in [-0.2, 0) is 9.59 Å². The molecule has 2 amide bonds. The lowest BCUT2D eigenvalue weighted by Gasteiger charge is -2.36. The molecule has 0 radical (unpaired) electrons. The van der Waals surface area contributed by atoms with Crippen LogP contribution in [-0.4, -0.2) is 24.0 Å². The Morgan fingerprint density at radius 2 is 1.88 bits per heavy atom. The number of ether oxygens (including phenoxy) is 1. The van der Waals surface area contributed by atoms with E-state index in [0.29, 0.717) is 17.1 Å². The van der Waals surface area contributed by atoms with Gasteiger partial charge >= 0.3 is 0 Å². The van der Waals surface area contributed by atoms with Crippen molar-refractivity contribution in [2.45, 2.75) is 26.0 Å². The minimum absolute atomic E-state index is 0.282. The van der Waals surface area contributed by atoms with E-state index < -0.39 is 12.1 Å². The van der Waals surface area contributed by atoms with E-state index in [-0.39, 0.29) is 17.6 Å². The molecule has 2 aromatic rings. The minimum atomic E-state index is -0.741. The average molecular weight is 328 g/mol. The molecule has 2 unspecified atom stereocenters. The highest BCUT2D eigenvalue weighted by atomic mass is 19.1. The molecule has 124 valence electrons. The number of hydrogen-bond acceptors (Lipinski definition) is 3.